The molecule has 82 valence electrons. The van der Waals surface area contributed by atoms with Gasteiger partial charge in [-0.05, 0) is 0 Å². The molecule has 0 aliphatic rings. The second kappa shape index (κ2) is 4.92. The number of ether oxygens (including phenoxy) is 1. The first kappa shape index (κ1) is 12.4. The number of hydrogen-bond acceptors (Lipinski definition) is 4. The van der Waals surface area contributed by atoms with Crippen molar-refractivity contribution in [3.8, 4) is 0 Å². The molecule has 0 saturated heterocycles. The zero-order valence-corrected chi connectivity index (χ0v) is 12.4. The van der Waals surface area contributed by atoms with Crippen LogP contribution in [0.25, 0.3) is 0 Å². The number of aromatic nitrogens is 2. The van der Waals surface area contributed by atoms with Gasteiger partial charge >= 0.3 is 94.0 Å². The summed E-state index contributed by atoms with van der Waals surface area (Å²) in [6, 6.07) is 1.90. The van der Waals surface area contributed by atoms with Gasteiger partial charge in [0.25, 0.3) is 0 Å². The molecule has 0 atom stereocenters. The quantitative estimate of drug-likeness (QED) is 0.621. The van der Waals surface area contributed by atoms with Crippen LogP contribution in [0, 0.1) is 0 Å². The van der Waals surface area contributed by atoms with E-state index < -0.39 is 24.3 Å². The molecule has 4 nitrogen and oxygen atoms in total. The van der Waals surface area contributed by atoms with E-state index in [1.165, 1.54) is 0 Å². The molecule has 0 saturated carbocycles. The van der Waals surface area contributed by atoms with Crippen LogP contribution in [0.2, 0.25) is 14.8 Å². The second-order valence-electron chi connectivity index (χ2n) is 4.24. The molecule has 0 N–H and O–H groups in total. The van der Waals surface area contributed by atoms with Gasteiger partial charge in [0.15, 0.2) is 0 Å². The summed E-state index contributed by atoms with van der Waals surface area (Å²) in [5.41, 5.74) is 0. The summed E-state index contributed by atoms with van der Waals surface area (Å²) >= 11 is -2.21. The third-order valence-electron chi connectivity index (χ3n) is 1.88. The predicted molar refractivity (Wildman–Crippen MR) is 61.0 cm³/mol. The van der Waals surface area contributed by atoms with Crippen LogP contribution in [0.15, 0.2) is 12.3 Å². The molecule has 1 aromatic heterocycles. The van der Waals surface area contributed by atoms with Gasteiger partial charge in [0.05, 0.1) is 0 Å². The number of carbonyl (C=O) groups is 1. The Morgan fingerprint density at radius 2 is 2.13 bits per heavy atom. The zero-order chi connectivity index (χ0) is 11.5. The first-order valence-electron chi connectivity index (χ1n) is 4.96. The molecule has 0 fully saturated rings. The zero-order valence-electron chi connectivity index (χ0n) is 9.57. The summed E-state index contributed by atoms with van der Waals surface area (Å²) in [5.74, 6) is -0.254. The third kappa shape index (κ3) is 3.44. The molecule has 15 heavy (non-hydrogen) atoms. The predicted octanol–water partition coefficient (Wildman–Crippen LogP) is 1.20. The van der Waals surface area contributed by atoms with E-state index in [9.17, 15) is 4.79 Å². The normalized spacial score (nSPS) is 11.2. The minimum absolute atomic E-state index is 0.181. The van der Waals surface area contributed by atoms with Crippen molar-refractivity contribution in [3.05, 3.63) is 18.1 Å². The van der Waals surface area contributed by atoms with E-state index in [1.54, 1.807) is 13.1 Å². The van der Waals surface area contributed by atoms with Crippen molar-refractivity contribution in [1.29, 1.82) is 0 Å². The molecule has 0 amide bonds. The van der Waals surface area contributed by atoms with Gasteiger partial charge in [-0.1, -0.05) is 0 Å². The fourth-order valence-electron chi connectivity index (χ4n) is 1.07. The van der Waals surface area contributed by atoms with Crippen LogP contribution in [0.1, 0.15) is 17.5 Å². The van der Waals surface area contributed by atoms with Crippen molar-refractivity contribution in [2.75, 3.05) is 6.61 Å². The van der Waals surface area contributed by atoms with Crippen molar-refractivity contribution < 1.29 is 9.53 Å². The Morgan fingerprint density at radius 3 is 2.67 bits per heavy atom. The van der Waals surface area contributed by atoms with E-state index in [1.807, 2.05) is 6.07 Å². The Labute approximate surface area is 94.0 Å². The fraction of sp³-hybridized carbons (Fsp3) is 0.500. The van der Waals surface area contributed by atoms with Crippen LogP contribution in [0.5, 0.6) is 0 Å². The molecule has 1 heterocycles. The van der Waals surface area contributed by atoms with Gasteiger partial charge in [-0.15, -0.1) is 0 Å². The van der Waals surface area contributed by atoms with E-state index in [2.05, 4.69) is 24.8 Å². The van der Waals surface area contributed by atoms with E-state index >= 15 is 0 Å². The molecule has 1 rings (SSSR count). The van der Waals surface area contributed by atoms with Gasteiger partial charge in [0.1, 0.15) is 0 Å². The van der Waals surface area contributed by atoms with Gasteiger partial charge < -0.3 is 0 Å². The van der Waals surface area contributed by atoms with E-state index in [0.717, 1.165) is 3.71 Å². The SMILES string of the molecule is CCOC(=O)c1ncc[c]([Sn]([CH3])([CH3])[CH3])n1. The van der Waals surface area contributed by atoms with Crippen molar-refractivity contribution in [2.24, 2.45) is 0 Å². The minimum atomic E-state index is -2.21. The van der Waals surface area contributed by atoms with Crippen LogP contribution in [-0.4, -0.2) is 40.9 Å². The monoisotopic (exact) mass is 316 g/mol. The molecule has 0 aliphatic heterocycles. The van der Waals surface area contributed by atoms with E-state index in [0.29, 0.717) is 6.61 Å². The Morgan fingerprint density at radius 1 is 1.47 bits per heavy atom. The first-order chi connectivity index (χ1) is 6.95. The van der Waals surface area contributed by atoms with E-state index in [-0.39, 0.29) is 5.82 Å². The van der Waals surface area contributed by atoms with Gasteiger partial charge in [0.2, 0.25) is 0 Å². The number of esters is 1. The van der Waals surface area contributed by atoms with Gasteiger partial charge in [-0.3, -0.25) is 0 Å². The summed E-state index contributed by atoms with van der Waals surface area (Å²) in [6.07, 6.45) is 1.64. The molecule has 0 aliphatic carbocycles. The number of nitrogens with zero attached hydrogens (tertiary/aromatic N) is 2. The van der Waals surface area contributed by atoms with Gasteiger partial charge in [-0.2, -0.15) is 0 Å². The van der Waals surface area contributed by atoms with Crippen LogP contribution in [0.4, 0.5) is 0 Å². The number of hydrogen-bond donors (Lipinski definition) is 0. The van der Waals surface area contributed by atoms with Crippen LogP contribution in [0.3, 0.4) is 0 Å². The average molecular weight is 315 g/mol. The summed E-state index contributed by atoms with van der Waals surface area (Å²) in [6.45, 7) is 2.12. The third-order valence-corrected chi connectivity index (χ3v) is 7.06. The molecular weight excluding hydrogens is 299 g/mol. The molecule has 0 unspecified atom stereocenters. The van der Waals surface area contributed by atoms with Crippen molar-refractivity contribution in [1.82, 2.24) is 9.97 Å². The first-order valence-corrected chi connectivity index (χ1v) is 14.9. The van der Waals surface area contributed by atoms with Crippen molar-refractivity contribution >= 4 is 28.1 Å². The van der Waals surface area contributed by atoms with Crippen LogP contribution in [-0.2, 0) is 4.74 Å². The standard InChI is InChI=1S/C7H7N2O2.3CH3.Sn/c1-2-11-7(10)6-8-4-3-5-9-6;;;;/h3-4H,2H2,1H3;3*1H3;. The van der Waals surface area contributed by atoms with Crippen molar-refractivity contribution in [2.45, 2.75) is 21.7 Å². The Balaban J connectivity index is 2.98. The summed E-state index contributed by atoms with van der Waals surface area (Å²) in [7, 11) is 0. The molecular formula is C10H16N2O2Sn. The second-order valence-corrected chi connectivity index (χ2v) is 18.5. The molecule has 0 radical (unpaired) electrons. The van der Waals surface area contributed by atoms with Crippen LogP contribution < -0.4 is 3.71 Å². The van der Waals surface area contributed by atoms with Crippen LogP contribution >= 0.6 is 0 Å². The summed E-state index contributed by atoms with van der Waals surface area (Å²) in [4.78, 5) is 26.3. The van der Waals surface area contributed by atoms with Gasteiger partial charge in [0, 0.05) is 0 Å². The molecule has 0 bridgehead atoms. The maximum atomic E-state index is 11.4. The Bertz CT molecular complexity index is 361. The topological polar surface area (TPSA) is 52.1 Å². The summed E-state index contributed by atoms with van der Waals surface area (Å²) < 4.78 is 5.90. The van der Waals surface area contributed by atoms with E-state index in [4.69, 9.17) is 4.74 Å². The summed E-state index contributed by atoms with van der Waals surface area (Å²) in [5, 5.41) is 0. The number of rotatable bonds is 3. The molecule has 0 spiro atoms. The molecule has 1 aromatic rings. The van der Waals surface area contributed by atoms with Gasteiger partial charge in [-0.25, -0.2) is 0 Å². The maximum absolute atomic E-state index is 11.4. The fourth-order valence-corrected chi connectivity index (χ4v) is 3.97. The molecule has 0 aromatic carbocycles. The molecule has 5 heteroatoms. The average Bonchev–Trinajstić information content (AvgIpc) is 2.17. The Kier molecular flexibility index (Phi) is 4.07. The number of carbonyl (C=O) groups excluding carboxylic acids is 1. The Hall–Kier alpha value is -0.651. The van der Waals surface area contributed by atoms with Crippen molar-refractivity contribution in [3.63, 3.8) is 0 Å².